The molecule has 0 aliphatic rings. The standard InChI is InChI=1S/C19H23FN2O/c1-4-15-6-5-7-18(12-15)21-19(23)13-22(3)14(2)16-8-10-17(20)11-9-16/h5-12,14H,4,13H2,1-3H3,(H,21,23)/t14-/m1/s1. The van der Waals surface area contributed by atoms with Crippen LogP contribution in [0, 0.1) is 5.82 Å². The fourth-order valence-corrected chi connectivity index (χ4v) is 2.43. The lowest BCUT2D eigenvalue weighted by Gasteiger charge is -2.24. The zero-order chi connectivity index (χ0) is 16.8. The Labute approximate surface area is 137 Å². The Morgan fingerprint density at radius 1 is 1.22 bits per heavy atom. The molecule has 0 unspecified atom stereocenters. The summed E-state index contributed by atoms with van der Waals surface area (Å²) >= 11 is 0. The van der Waals surface area contributed by atoms with Crippen LogP contribution in [0.15, 0.2) is 48.5 Å². The highest BCUT2D eigenvalue weighted by molar-refractivity contribution is 5.92. The minimum absolute atomic E-state index is 0.0309. The van der Waals surface area contributed by atoms with Gasteiger partial charge in [-0.2, -0.15) is 0 Å². The maximum absolute atomic E-state index is 13.0. The van der Waals surface area contributed by atoms with Gasteiger partial charge >= 0.3 is 0 Å². The molecule has 0 bridgehead atoms. The molecular formula is C19H23FN2O. The van der Waals surface area contributed by atoms with Crippen LogP contribution in [-0.4, -0.2) is 24.4 Å². The molecule has 0 fully saturated rings. The fourth-order valence-electron chi connectivity index (χ4n) is 2.43. The second-order valence-corrected chi connectivity index (χ2v) is 5.74. The zero-order valence-corrected chi connectivity index (χ0v) is 13.8. The first-order valence-corrected chi connectivity index (χ1v) is 7.84. The molecular weight excluding hydrogens is 291 g/mol. The molecule has 4 heteroatoms. The summed E-state index contributed by atoms with van der Waals surface area (Å²) in [6.45, 7) is 4.35. The lowest BCUT2D eigenvalue weighted by Crippen LogP contribution is -2.32. The normalized spacial score (nSPS) is 12.2. The zero-order valence-electron chi connectivity index (χ0n) is 13.8. The van der Waals surface area contributed by atoms with E-state index in [1.54, 1.807) is 12.1 Å². The van der Waals surface area contributed by atoms with Crippen LogP contribution in [0.4, 0.5) is 10.1 Å². The predicted molar refractivity (Wildman–Crippen MR) is 91.9 cm³/mol. The lowest BCUT2D eigenvalue weighted by atomic mass is 10.1. The molecule has 0 aromatic heterocycles. The molecule has 122 valence electrons. The first kappa shape index (κ1) is 17.2. The van der Waals surface area contributed by atoms with Crippen LogP contribution >= 0.6 is 0 Å². The SMILES string of the molecule is CCc1cccc(NC(=O)CN(C)[C@H](C)c2ccc(F)cc2)c1. The fraction of sp³-hybridized carbons (Fsp3) is 0.316. The third-order valence-corrected chi connectivity index (χ3v) is 4.03. The van der Waals surface area contributed by atoms with E-state index in [-0.39, 0.29) is 24.3 Å². The van der Waals surface area contributed by atoms with Gasteiger partial charge in [0, 0.05) is 11.7 Å². The van der Waals surface area contributed by atoms with Gasteiger partial charge in [-0.1, -0.05) is 31.2 Å². The van der Waals surface area contributed by atoms with Crippen molar-refractivity contribution in [3.8, 4) is 0 Å². The number of nitrogens with one attached hydrogen (secondary N) is 1. The van der Waals surface area contributed by atoms with Crippen LogP contribution in [0.2, 0.25) is 0 Å². The van der Waals surface area contributed by atoms with Crippen LogP contribution in [0.1, 0.15) is 31.0 Å². The Hall–Kier alpha value is -2.20. The van der Waals surface area contributed by atoms with E-state index in [0.717, 1.165) is 17.7 Å². The molecule has 0 heterocycles. The molecule has 3 nitrogen and oxygen atoms in total. The van der Waals surface area contributed by atoms with Gasteiger partial charge in [-0.05, 0) is 55.8 Å². The van der Waals surface area contributed by atoms with Crippen molar-refractivity contribution in [2.75, 3.05) is 18.9 Å². The predicted octanol–water partition coefficient (Wildman–Crippen LogP) is 4.02. The van der Waals surface area contributed by atoms with Crippen molar-refractivity contribution in [1.29, 1.82) is 0 Å². The summed E-state index contributed by atoms with van der Waals surface area (Å²) in [5, 5.41) is 2.92. The number of benzene rings is 2. The van der Waals surface area contributed by atoms with E-state index in [1.165, 1.54) is 17.7 Å². The molecule has 23 heavy (non-hydrogen) atoms. The van der Waals surface area contributed by atoms with Crippen molar-refractivity contribution < 1.29 is 9.18 Å². The smallest absolute Gasteiger partial charge is 0.238 e. The molecule has 1 amide bonds. The second kappa shape index (κ2) is 7.88. The van der Waals surface area contributed by atoms with Gasteiger partial charge in [0.15, 0.2) is 0 Å². The van der Waals surface area contributed by atoms with Crippen molar-refractivity contribution in [1.82, 2.24) is 4.90 Å². The number of carbonyl (C=O) groups is 1. The van der Waals surface area contributed by atoms with Gasteiger partial charge < -0.3 is 5.32 Å². The Bertz CT molecular complexity index is 655. The van der Waals surface area contributed by atoms with Crippen LogP contribution in [0.25, 0.3) is 0 Å². The Morgan fingerprint density at radius 3 is 2.57 bits per heavy atom. The van der Waals surface area contributed by atoms with E-state index >= 15 is 0 Å². The highest BCUT2D eigenvalue weighted by Gasteiger charge is 2.15. The van der Waals surface area contributed by atoms with Crippen molar-refractivity contribution >= 4 is 11.6 Å². The number of likely N-dealkylation sites (N-methyl/N-ethyl adjacent to an activating group) is 1. The van der Waals surface area contributed by atoms with Gasteiger partial charge in [0.2, 0.25) is 5.91 Å². The van der Waals surface area contributed by atoms with Gasteiger partial charge in [-0.15, -0.1) is 0 Å². The second-order valence-electron chi connectivity index (χ2n) is 5.74. The van der Waals surface area contributed by atoms with Gasteiger partial charge in [-0.3, -0.25) is 9.69 Å². The Balaban J connectivity index is 1.94. The molecule has 2 rings (SSSR count). The van der Waals surface area contributed by atoms with Crippen LogP contribution < -0.4 is 5.32 Å². The number of amides is 1. The summed E-state index contributed by atoms with van der Waals surface area (Å²) in [6, 6.07) is 14.3. The van der Waals surface area contributed by atoms with Crippen molar-refractivity contribution in [2.45, 2.75) is 26.3 Å². The molecule has 0 aliphatic heterocycles. The largest absolute Gasteiger partial charge is 0.325 e. The minimum atomic E-state index is -0.253. The maximum Gasteiger partial charge on any atom is 0.238 e. The van der Waals surface area contributed by atoms with E-state index in [4.69, 9.17) is 0 Å². The molecule has 0 saturated heterocycles. The van der Waals surface area contributed by atoms with Crippen LogP contribution in [-0.2, 0) is 11.2 Å². The summed E-state index contributed by atoms with van der Waals surface area (Å²) < 4.78 is 13.0. The number of aryl methyl sites for hydroxylation is 1. The first-order valence-electron chi connectivity index (χ1n) is 7.84. The first-order chi connectivity index (χ1) is 11.0. The minimum Gasteiger partial charge on any atom is -0.325 e. The number of nitrogens with zero attached hydrogens (tertiary/aromatic N) is 1. The highest BCUT2D eigenvalue weighted by Crippen LogP contribution is 2.19. The number of rotatable bonds is 6. The molecule has 2 aromatic rings. The topological polar surface area (TPSA) is 32.3 Å². The van der Waals surface area contributed by atoms with Crippen LogP contribution in [0.3, 0.4) is 0 Å². The lowest BCUT2D eigenvalue weighted by molar-refractivity contribution is -0.117. The number of halogens is 1. The molecule has 1 N–H and O–H groups in total. The van der Waals surface area contributed by atoms with E-state index in [9.17, 15) is 9.18 Å². The highest BCUT2D eigenvalue weighted by atomic mass is 19.1. The van der Waals surface area contributed by atoms with Crippen molar-refractivity contribution in [3.63, 3.8) is 0 Å². The van der Waals surface area contributed by atoms with Crippen molar-refractivity contribution in [2.24, 2.45) is 0 Å². The van der Waals surface area contributed by atoms with E-state index < -0.39 is 0 Å². The molecule has 0 aliphatic carbocycles. The van der Waals surface area contributed by atoms with Gasteiger partial charge in [0.1, 0.15) is 5.82 Å². The Kier molecular flexibility index (Phi) is 5.88. The van der Waals surface area contributed by atoms with Crippen molar-refractivity contribution in [3.05, 3.63) is 65.5 Å². The summed E-state index contributed by atoms with van der Waals surface area (Å²) in [6.07, 6.45) is 0.936. The molecule has 0 radical (unpaired) electrons. The monoisotopic (exact) mass is 314 g/mol. The molecule has 1 atom stereocenters. The number of anilines is 1. The quantitative estimate of drug-likeness (QED) is 0.873. The van der Waals surface area contributed by atoms with Gasteiger partial charge in [0.05, 0.1) is 6.54 Å². The summed E-state index contributed by atoms with van der Waals surface area (Å²) in [4.78, 5) is 14.1. The molecule has 0 spiro atoms. The summed E-state index contributed by atoms with van der Waals surface area (Å²) in [5.41, 5.74) is 2.99. The summed E-state index contributed by atoms with van der Waals surface area (Å²) in [7, 11) is 1.88. The number of hydrogen-bond donors (Lipinski definition) is 1. The van der Waals surface area contributed by atoms with E-state index in [0.29, 0.717) is 0 Å². The van der Waals surface area contributed by atoms with E-state index in [2.05, 4.69) is 12.2 Å². The van der Waals surface area contributed by atoms with E-state index in [1.807, 2.05) is 43.1 Å². The molecule has 0 saturated carbocycles. The third-order valence-electron chi connectivity index (χ3n) is 4.03. The van der Waals surface area contributed by atoms with Gasteiger partial charge in [0.25, 0.3) is 0 Å². The third kappa shape index (κ3) is 4.89. The number of carbonyl (C=O) groups excluding carboxylic acids is 1. The number of hydrogen-bond acceptors (Lipinski definition) is 2. The maximum atomic E-state index is 13.0. The Morgan fingerprint density at radius 2 is 1.91 bits per heavy atom. The van der Waals surface area contributed by atoms with Crippen LogP contribution in [0.5, 0.6) is 0 Å². The average Bonchev–Trinajstić information content (AvgIpc) is 2.54. The summed E-state index contributed by atoms with van der Waals surface area (Å²) in [5.74, 6) is -0.313. The average molecular weight is 314 g/mol. The molecule has 2 aromatic carbocycles. The van der Waals surface area contributed by atoms with Gasteiger partial charge in [-0.25, -0.2) is 4.39 Å².